The van der Waals surface area contributed by atoms with Gasteiger partial charge in [-0.25, -0.2) is 0 Å². The van der Waals surface area contributed by atoms with Gasteiger partial charge in [0.2, 0.25) is 0 Å². The number of furan rings is 1. The molecule has 0 saturated carbocycles. The Balaban J connectivity index is 1.73. The van der Waals surface area contributed by atoms with Gasteiger partial charge in [-0.2, -0.15) is 0 Å². The van der Waals surface area contributed by atoms with Crippen molar-refractivity contribution in [3.63, 3.8) is 0 Å². The molecule has 0 fully saturated rings. The number of ether oxygens (including phenoxy) is 1. The van der Waals surface area contributed by atoms with Gasteiger partial charge in [0.25, 0.3) is 0 Å². The fourth-order valence-electron chi connectivity index (χ4n) is 3.89. The van der Waals surface area contributed by atoms with E-state index in [0.29, 0.717) is 6.42 Å². The lowest BCUT2D eigenvalue weighted by Gasteiger charge is -2.13. The fourth-order valence-corrected chi connectivity index (χ4v) is 3.89. The predicted octanol–water partition coefficient (Wildman–Crippen LogP) is 6.41. The molecule has 0 aliphatic carbocycles. The van der Waals surface area contributed by atoms with E-state index in [1.165, 1.54) is 5.56 Å². The van der Waals surface area contributed by atoms with Crippen molar-refractivity contribution in [3.05, 3.63) is 77.4 Å². The molecule has 0 aliphatic rings. The molecule has 4 heteroatoms. The summed E-state index contributed by atoms with van der Waals surface area (Å²) in [5.74, 6) is 0.871. The van der Waals surface area contributed by atoms with Crippen molar-refractivity contribution in [2.24, 2.45) is 0 Å². The lowest BCUT2D eigenvalue weighted by atomic mass is 9.92. The summed E-state index contributed by atoms with van der Waals surface area (Å²) in [5, 5.41) is 9.90. The first-order valence-electron chi connectivity index (χ1n) is 9.95. The number of carboxylic acid groups (broad SMARTS) is 1. The summed E-state index contributed by atoms with van der Waals surface area (Å²) in [7, 11) is 1.68. The highest BCUT2D eigenvalue weighted by Gasteiger charge is 2.14. The van der Waals surface area contributed by atoms with Gasteiger partial charge in [-0.15, -0.1) is 0 Å². The molecule has 0 unspecified atom stereocenters. The molecule has 0 saturated heterocycles. The normalized spacial score (nSPS) is 11.0. The zero-order valence-electron chi connectivity index (χ0n) is 17.4. The van der Waals surface area contributed by atoms with Gasteiger partial charge in [0.1, 0.15) is 17.1 Å². The fraction of sp³-hybridized carbons (Fsp3) is 0.192. The number of carboxylic acids is 1. The average Bonchev–Trinajstić information content (AvgIpc) is 3.15. The summed E-state index contributed by atoms with van der Waals surface area (Å²) in [6, 6.07) is 20.3. The van der Waals surface area contributed by atoms with Crippen LogP contribution in [0.5, 0.6) is 5.75 Å². The van der Waals surface area contributed by atoms with Gasteiger partial charge in [-0.3, -0.25) is 4.79 Å². The van der Waals surface area contributed by atoms with E-state index in [1.807, 2.05) is 42.5 Å². The van der Waals surface area contributed by atoms with Gasteiger partial charge in [0, 0.05) is 17.4 Å². The van der Waals surface area contributed by atoms with Crippen LogP contribution < -0.4 is 4.74 Å². The molecule has 3 aromatic carbocycles. The Hall–Kier alpha value is -3.53. The monoisotopic (exact) mass is 400 g/mol. The highest BCUT2D eigenvalue weighted by molar-refractivity contribution is 5.86. The lowest BCUT2D eigenvalue weighted by molar-refractivity contribution is -0.136. The first-order chi connectivity index (χ1) is 14.5. The predicted molar refractivity (Wildman–Crippen MR) is 119 cm³/mol. The van der Waals surface area contributed by atoms with Gasteiger partial charge in [-0.05, 0) is 78.4 Å². The molecule has 0 spiro atoms. The smallest absolute Gasteiger partial charge is 0.303 e. The minimum absolute atomic E-state index is 0.124. The molecule has 1 N–H and O–H groups in total. The van der Waals surface area contributed by atoms with Crippen molar-refractivity contribution in [2.45, 2.75) is 26.7 Å². The van der Waals surface area contributed by atoms with Gasteiger partial charge < -0.3 is 14.3 Å². The second-order valence-corrected chi connectivity index (χ2v) is 7.54. The second-order valence-electron chi connectivity index (χ2n) is 7.54. The zero-order valence-corrected chi connectivity index (χ0v) is 17.4. The van der Waals surface area contributed by atoms with E-state index in [4.69, 9.17) is 14.3 Å². The minimum Gasteiger partial charge on any atom is -0.497 e. The number of aryl methyl sites for hydroxylation is 2. The Kier molecular flexibility index (Phi) is 5.32. The summed E-state index contributed by atoms with van der Waals surface area (Å²) in [4.78, 5) is 10.8. The average molecular weight is 400 g/mol. The highest BCUT2D eigenvalue weighted by Crippen LogP contribution is 2.36. The van der Waals surface area contributed by atoms with Crippen molar-refractivity contribution in [2.75, 3.05) is 7.11 Å². The van der Waals surface area contributed by atoms with Crippen molar-refractivity contribution in [3.8, 4) is 28.2 Å². The molecule has 1 aromatic heterocycles. The van der Waals surface area contributed by atoms with Gasteiger partial charge >= 0.3 is 5.97 Å². The van der Waals surface area contributed by atoms with E-state index < -0.39 is 5.97 Å². The molecular weight excluding hydrogens is 376 g/mol. The Morgan fingerprint density at radius 1 is 0.967 bits per heavy atom. The van der Waals surface area contributed by atoms with E-state index in [2.05, 4.69) is 32.0 Å². The van der Waals surface area contributed by atoms with Crippen LogP contribution in [-0.2, 0) is 11.2 Å². The van der Waals surface area contributed by atoms with Crippen LogP contribution >= 0.6 is 0 Å². The van der Waals surface area contributed by atoms with Gasteiger partial charge in [0.05, 0.1) is 7.11 Å². The van der Waals surface area contributed by atoms with Crippen molar-refractivity contribution >= 4 is 16.9 Å². The molecule has 0 bridgehead atoms. The number of hydrogen-bond donors (Lipinski definition) is 1. The molecule has 30 heavy (non-hydrogen) atoms. The van der Waals surface area contributed by atoms with Crippen molar-refractivity contribution in [1.82, 2.24) is 0 Å². The summed E-state index contributed by atoms with van der Waals surface area (Å²) >= 11 is 0. The maximum absolute atomic E-state index is 10.8. The molecule has 0 atom stereocenters. The molecule has 0 radical (unpaired) electrons. The maximum Gasteiger partial charge on any atom is 0.303 e. The van der Waals surface area contributed by atoms with Crippen LogP contribution in [0, 0.1) is 13.8 Å². The Bertz CT molecular complexity index is 1230. The second kappa shape index (κ2) is 8.07. The summed E-state index contributed by atoms with van der Waals surface area (Å²) < 4.78 is 11.5. The summed E-state index contributed by atoms with van der Waals surface area (Å²) in [5.41, 5.74) is 7.48. The van der Waals surface area contributed by atoms with E-state index >= 15 is 0 Å². The van der Waals surface area contributed by atoms with Crippen LogP contribution in [0.4, 0.5) is 0 Å². The van der Waals surface area contributed by atoms with E-state index in [1.54, 1.807) is 7.11 Å². The van der Waals surface area contributed by atoms with Gasteiger partial charge in [-0.1, -0.05) is 30.3 Å². The Labute approximate surface area is 175 Å². The van der Waals surface area contributed by atoms with Crippen LogP contribution in [0.15, 0.2) is 65.1 Å². The number of fused-ring (bicyclic) bond motifs is 1. The number of carbonyl (C=O) groups is 1. The third-order valence-corrected chi connectivity index (χ3v) is 5.53. The number of benzene rings is 3. The lowest BCUT2D eigenvalue weighted by Crippen LogP contribution is -1.96. The van der Waals surface area contributed by atoms with E-state index in [9.17, 15) is 4.79 Å². The molecule has 1 heterocycles. The van der Waals surface area contributed by atoms with Crippen LogP contribution in [0.2, 0.25) is 0 Å². The number of rotatable bonds is 6. The Morgan fingerprint density at radius 2 is 1.77 bits per heavy atom. The highest BCUT2D eigenvalue weighted by atomic mass is 16.5. The number of aliphatic carboxylic acids is 1. The quantitative estimate of drug-likeness (QED) is 0.406. The van der Waals surface area contributed by atoms with E-state index in [0.717, 1.165) is 50.3 Å². The minimum atomic E-state index is -0.788. The first-order valence-corrected chi connectivity index (χ1v) is 9.95. The molecule has 152 valence electrons. The zero-order chi connectivity index (χ0) is 21.3. The molecule has 4 aromatic rings. The SMILES string of the molecule is COc1ccc(-c2cccc(-c3cc4cc(CCC(=O)O)ccc4o3)c2C)c(C)c1. The van der Waals surface area contributed by atoms with Crippen molar-refractivity contribution < 1.29 is 19.1 Å². The summed E-state index contributed by atoms with van der Waals surface area (Å²) in [6.07, 6.45) is 0.635. The van der Waals surface area contributed by atoms with E-state index in [-0.39, 0.29) is 6.42 Å². The molecule has 0 amide bonds. The largest absolute Gasteiger partial charge is 0.497 e. The standard InChI is InChI=1S/C26H24O4/c1-16-13-20(29-3)9-10-21(16)22-5-4-6-23(17(22)2)25-15-19-14-18(8-12-26(27)28)7-11-24(19)30-25/h4-7,9-11,13-15H,8,12H2,1-3H3,(H,27,28). The van der Waals surface area contributed by atoms with Crippen LogP contribution in [0.25, 0.3) is 33.4 Å². The number of hydrogen-bond acceptors (Lipinski definition) is 3. The molecule has 4 rings (SSSR count). The van der Waals surface area contributed by atoms with Gasteiger partial charge in [0.15, 0.2) is 0 Å². The van der Waals surface area contributed by atoms with Crippen LogP contribution in [0.1, 0.15) is 23.1 Å². The molecule has 0 aliphatic heterocycles. The molecule has 4 nitrogen and oxygen atoms in total. The van der Waals surface area contributed by atoms with Crippen LogP contribution in [-0.4, -0.2) is 18.2 Å². The topological polar surface area (TPSA) is 59.7 Å². The maximum atomic E-state index is 10.8. The van der Waals surface area contributed by atoms with Crippen LogP contribution in [0.3, 0.4) is 0 Å². The third-order valence-electron chi connectivity index (χ3n) is 5.53. The summed E-state index contributed by atoms with van der Waals surface area (Å²) in [6.45, 7) is 4.20. The first kappa shape index (κ1) is 19.8. The Morgan fingerprint density at radius 3 is 2.50 bits per heavy atom. The van der Waals surface area contributed by atoms with Crippen molar-refractivity contribution in [1.29, 1.82) is 0 Å². The number of methoxy groups -OCH3 is 1. The molecular formula is C26H24O4. The third kappa shape index (κ3) is 3.81.